The van der Waals surface area contributed by atoms with E-state index in [0.717, 1.165) is 16.7 Å². The first kappa shape index (κ1) is 21.1. The van der Waals surface area contributed by atoms with Gasteiger partial charge in [-0.25, -0.2) is 4.79 Å². The highest BCUT2D eigenvalue weighted by atomic mass is 16.6. The summed E-state index contributed by atoms with van der Waals surface area (Å²) in [5.74, 6) is 5.75. The molecule has 1 aliphatic rings. The SMILES string of the molecule is Cc1cccc([N+](=O)[O-])c1C#CCCNC(=O)OCC1c2ccccc2-c2ccccc21. The van der Waals surface area contributed by atoms with Crippen LogP contribution in [-0.4, -0.2) is 24.2 Å². The summed E-state index contributed by atoms with van der Waals surface area (Å²) in [6, 6.07) is 21.2. The van der Waals surface area contributed by atoms with Crippen molar-refractivity contribution in [1.82, 2.24) is 5.32 Å². The van der Waals surface area contributed by atoms with Gasteiger partial charge in [0.25, 0.3) is 5.69 Å². The molecule has 0 saturated heterocycles. The van der Waals surface area contributed by atoms with E-state index in [2.05, 4.69) is 41.4 Å². The monoisotopic (exact) mass is 426 g/mol. The van der Waals surface area contributed by atoms with E-state index in [0.29, 0.717) is 18.5 Å². The summed E-state index contributed by atoms with van der Waals surface area (Å²) in [4.78, 5) is 22.9. The molecule has 0 atom stereocenters. The van der Waals surface area contributed by atoms with Crippen LogP contribution < -0.4 is 5.32 Å². The smallest absolute Gasteiger partial charge is 0.407 e. The Morgan fingerprint density at radius 3 is 2.34 bits per heavy atom. The summed E-state index contributed by atoms with van der Waals surface area (Å²) >= 11 is 0. The summed E-state index contributed by atoms with van der Waals surface area (Å²) in [5.41, 5.74) is 5.81. The Kier molecular flexibility index (Phi) is 6.18. The lowest BCUT2D eigenvalue weighted by molar-refractivity contribution is -0.385. The molecule has 0 fully saturated rings. The fourth-order valence-electron chi connectivity index (χ4n) is 3.99. The zero-order valence-corrected chi connectivity index (χ0v) is 17.6. The number of alkyl carbamates (subject to hydrolysis) is 1. The third-order valence-electron chi connectivity index (χ3n) is 5.52. The van der Waals surface area contributed by atoms with Crippen LogP contribution in [-0.2, 0) is 4.74 Å². The van der Waals surface area contributed by atoms with Crippen molar-refractivity contribution in [3.63, 3.8) is 0 Å². The number of rotatable bonds is 5. The number of fused-ring (bicyclic) bond motifs is 3. The van der Waals surface area contributed by atoms with Crippen molar-refractivity contribution in [2.45, 2.75) is 19.3 Å². The number of hydrogen-bond acceptors (Lipinski definition) is 4. The predicted octanol–water partition coefficient (Wildman–Crippen LogP) is 5.18. The molecule has 1 N–H and O–H groups in total. The van der Waals surface area contributed by atoms with Gasteiger partial charge in [0, 0.05) is 24.9 Å². The van der Waals surface area contributed by atoms with E-state index in [1.54, 1.807) is 19.1 Å². The van der Waals surface area contributed by atoms with Crippen molar-refractivity contribution in [1.29, 1.82) is 0 Å². The lowest BCUT2D eigenvalue weighted by Crippen LogP contribution is -2.26. The van der Waals surface area contributed by atoms with Crippen molar-refractivity contribution < 1.29 is 14.5 Å². The molecular weight excluding hydrogens is 404 g/mol. The number of ether oxygens (including phenoxy) is 1. The molecular formula is C26H22N2O4. The first-order valence-electron chi connectivity index (χ1n) is 10.4. The maximum atomic E-state index is 12.2. The van der Waals surface area contributed by atoms with Gasteiger partial charge < -0.3 is 10.1 Å². The molecule has 0 aliphatic heterocycles. The molecule has 1 aliphatic carbocycles. The molecule has 0 bridgehead atoms. The Bertz CT molecular complexity index is 1190. The normalized spacial score (nSPS) is 11.7. The quantitative estimate of drug-likeness (QED) is 0.264. The van der Waals surface area contributed by atoms with Crippen molar-refractivity contribution in [2.75, 3.05) is 13.2 Å². The minimum absolute atomic E-state index is 0.00884. The zero-order valence-electron chi connectivity index (χ0n) is 17.6. The minimum Gasteiger partial charge on any atom is -0.449 e. The average molecular weight is 426 g/mol. The topological polar surface area (TPSA) is 81.5 Å². The number of aryl methyl sites for hydroxylation is 1. The van der Waals surface area contributed by atoms with Crippen LogP contribution in [0.4, 0.5) is 10.5 Å². The molecule has 0 saturated carbocycles. The third-order valence-corrected chi connectivity index (χ3v) is 5.52. The Morgan fingerprint density at radius 1 is 1.03 bits per heavy atom. The van der Waals surface area contributed by atoms with E-state index in [1.165, 1.54) is 17.2 Å². The van der Waals surface area contributed by atoms with Gasteiger partial charge >= 0.3 is 6.09 Å². The number of benzene rings is 3. The van der Waals surface area contributed by atoms with Gasteiger partial charge in [0.05, 0.1) is 4.92 Å². The van der Waals surface area contributed by atoms with Crippen LogP contribution in [0.5, 0.6) is 0 Å². The zero-order chi connectivity index (χ0) is 22.5. The van der Waals surface area contributed by atoms with E-state index in [-0.39, 0.29) is 18.2 Å². The van der Waals surface area contributed by atoms with E-state index < -0.39 is 11.0 Å². The number of nitrogens with one attached hydrogen (secondary N) is 1. The van der Waals surface area contributed by atoms with E-state index in [9.17, 15) is 14.9 Å². The van der Waals surface area contributed by atoms with Crippen molar-refractivity contribution in [3.8, 4) is 23.0 Å². The fourth-order valence-corrected chi connectivity index (χ4v) is 3.99. The summed E-state index contributed by atoms with van der Waals surface area (Å²) in [5, 5.41) is 13.8. The number of amides is 1. The highest BCUT2D eigenvalue weighted by molar-refractivity contribution is 5.79. The van der Waals surface area contributed by atoms with Crippen molar-refractivity contribution in [3.05, 3.63) is 99.1 Å². The molecule has 1 amide bonds. The molecule has 0 aromatic heterocycles. The maximum Gasteiger partial charge on any atom is 0.407 e. The molecule has 160 valence electrons. The molecule has 0 unspecified atom stereocenters. The van der Waals surface area contributed by atoms with Crippen LogP contribution in [0.3, 0.4) is 0 Å². The number of carbonyl (C=O) groups is 1. The number of nitrogens with zero attached hydrogens (tertiary/aromatic N) is 1. The predicted molar refractivity (Wildman–Crippen MR) is 122 cm³/mol. The van der Waals surface area contributed by atoms with Gasteiger partial charge in [0.1, 0.15) is 12.2 Å². The second-order valence-corrected chi connectivity index (χ2v) is 7.53. The van der Waals surface area contributed by atoms with Crippen LogP contribution in [0, 0.1) is 28.9 Å². The number of nitro groups is 1. The van der Waals surface area contributed by atoms with Crippen LogP contribution >= 0.6 is 0 Å². The Hall–Kier alpha value is -4.11. The molecule has 0 heterocycles. The number of carbonyl (C=O) groups excluding carboxylic acids is 1. The Morgan fingerprint density at radius 2 is 1.69 bits per heavy atom. The van der Waals surface area contributed by atoms with Gasteiger partial charge in [-0.2, -0.15) is 0 Å². The van der Waals surface area contributed by atoms with E-state index in [1.807, 2.05) is 24.3 Å². The van der Waals surface area contributed by atoms with Gasteiger partial charge in [-0.3, -0.25) is 10.1 Å². The first-order chi connectivity index (χ1) is 15.6. The molecule has 6 heteroatoms. The molecule has 4 rings (SSSR count). The second kappa shape index (κ2) is 9.36. The molecule has 0 spiro atoms. The fraction of sp³-hybridized carbons (Fsp3) is 0.192. The lowest BCUT2D eigenvalue weighted by atomic mass is 9.98. The summed E-state index contributed by atoms with van der Waals surface area (Å²) in [6.45, 7) is 2.33. The van der Waals surface area contributed by atoms with E-state index >= 15 is 0 Å². The van der Waals surface area contributed by atoms with Crippen LogP contribution in [0.1, 0.15) is 34.6 Å². The molecule has 0 radical (unpaired) electrons. The molecule has 3 aromatic rings. The lowest BCUT2D eigenvalue weighted by Gasteiger charge is -2.14. The number of hydrogen-bond donors (Lipinski definition) is 1. The highest BCUT2D eigenvalue weighted by Gasteiger charge is 2.28. The maximum absolute atomic E-state index is 12.2. The first-order valence-corrected chi connectivity index (χ1v) is 10.4. The average Bonchev–Trinajstić information content (AvgIpc) is 3.12. The van der Waals surface area contributed by atoms with Crippen LogP contribution in [0.15, 0.2) is 66.7 Å². The summed E-state index contributed by atoms with van der Waals surface area (Å²) in [7, 11) is 0. The van der Waals surface area contributed by atoms with Gasteiger partial charge in [-0.1, -0.05) is 72.5 Å². The third kappa shape index (κ3) is 4.33. The second-order valence-electron chi connectivity index (χ2n) is 7.53. The number of nitro benzene ring substituents is 1. The van der Waals surface area contributed by atoms with Crippen LogP contribution in [0.25, 0.3) is 11.1 Å². The van der Waals surface area contributed by atoms with Gasteiger partial charge in [-0.05, 0) is 34.7 Å². The molecule has 32 heavy (non-hydrogen) atoms. The van der Waals surface area contributed by atoms with Crippen LogP contribution in [0.2, 0.25) is 0 Å². The van der Waals surface area contributed by atoms with Gasteiger partial charge in [0.2, 0.25) is 0 Å². The van der Waals surface area contributed by atoms with E-state index in [4.69, 9.17) is 4.74 Å². The Balaban J connectivity index is 1.32. The summed E-state index contributed by atoms with van der Waals surface area (Å²) < 4.78 is 5.49. The van der Waals surface area contributed by atoms with Gasteiger partial charge in [-0.15, -0.1) is 0 Å². The highest BCUT2D eigenvalue weighted by Crippen LogP contribution is 2.44. The molecule has 3 aromatic carbocycles. The van der Waals surface area contributed by atoms with Gasteiger partial charge in [0.15, 0.2) is 0 Å². The Labute approximate surface area is 186 Å². The largest absolute Gasteiger partial charge is 0.449 e. The molecule has 6 nitrogen and oxygen atoms in total. The summed E-state index contributed by atoms with van der Waals surface area (Å²) in [6.07, 6.45) is -0.147. The standard InChI is InChI=1S/C26H22N2O4/c1-18-9-8-15-25(28(30)31)19(18)10-6-7-16-27-26(29)32-17-24-22-13-4-2-11-20(22)21-12-3-5-14-23(21)24/h2-5,8-9,11-15,24H,7,16-17H2,1H3,(H,27,29). The van der Waals surface area contributed by atoms with Crippen molar-refractivity contribution >= 4 is 11.8 Å². The minimum atomic E-state index is -0.504. The van der Waals surface area contributed by atoms with Crippen molar-refractivity contribution in [2.24, 2.45) is 0 Å².